The van der Waals surface area contributed by atoms with Crippen LogP contribution in [0.5, 0.6) is 0 Å². The van der Waals surface area contributed by atoms with Crippen LogP contribution in [0.4, 0.5) is 18.4 Å². The molecule has 0 saturated carbocycles. The van der Waals surface area contributed by atoms with Gasteiger partial charge in [0.2, 0.25) is 26.0 Å². The van der Waals surface area contributed by atoms with Crippen molar-refractivity contribution in [3.63, 3.8) is 0 Å². The van der Waals surface area contributed by atoms with E-state index in [9.17, 15) is 45.5 Å². The number of benzene rings is 2. The zero-order chi connectivity index (χ0) is 41.1. The number of hydrogen-bond donors (Lipinski definition) is 2. The number of amides is 3. The average Bonchev–Trinajstić information content (AvgIpc) is 3.49. The number of carbonyl (C=O) groups excluding carboxylic acids is 3. The van der Waals surface area contributed by atoms with Crippen LogP contribution in [-0.2, 0) is 35.9 Å². The molecule has 2 aromatic carbocycles. The van der Waals surface area contributed by atoms with Gasteiger partial charge in [-0.25, -0.2) is 40.0 Å². The smallest absolute Gasteiger partial charge is 0.410 e. The number of carboxylic acid groups (broad SMARTS) is 1. The van der Waals surface area contributed by atoms with Crippen LogP contribution >= 0.6 is 0 Å². The minimum atomic E-state index is -4.52. The Kier molecular flexibility index (Phi) is 13.2. The van der Waals surface area contributed by atoms with Crippen molar-refractivity contribution < 1.29 is 59.4 Å². The summed E-state index contributed by atoms with van der Waals surface area (Å²) >= 11 is 0. The lowest BCUT2D eigenvalue weighted by molar-refractivity contribution is 0.00937. The summed E-state index contributed by atoms with van der Waals surface area (Å²) in [4.78, 5) is 50.7. The number of halogens is 2. The van der Waals surface area contributed by atoms with Gasteiger partial charge in [0.1, 0.15) is 32.6 Å². The van der Waals surface area contributed by atoms with Crippen LogP contribution in [0.25, 0.3) is 0 Å². The number of aryl methyl sites for hydroxylation is 1. The summed E-state index contributed by atoms with van der Waals surface area (Å²) < 4.78 is 97.0. The van der Waals surface area contributed by atoms with Gasteiger partial charge < -0.3 is 30.1 Å². The van der Waals surface area contributed by atoms with E-state index in [1.165, 1.54) is 9.80 Å². The lowest BCUT2D eigenvalue weighted by atomic mass is 9.95. The number of aromatic carboxylic acids is 1. The van der Waals surface area contributed by atoms with Crippen molar-refractivity contribution in [3.05, 3.63) is 58.7 Å². The SMILES string of the molecule is CC(C)(C)OC(=O)N1CCCN(S(=O)(=O)c2cc(C(=O)O)c(CCC(C)(C)OC(=O)N3CCCN(S(=O)(=O)c4cc(C(N)=O)ccc4F)CC3)cc2F)CC1. The number of nitrogens with two attached hydrogens (primary N) is 1. The first-order valence-electron chi connectivity index (χ1n) is 17.5. The third-order valence-corrected chi connectivity index (χ3v) is 12.8. The van der Waals surface area contributed by atoms with Crippen molar-refractivity contribution in [1.82, 2.24) is 18.4 Å². The maximum Gasteiger partial charge on any atom is 0.410 e. The van der Waals surface area contributed by atoms with Gasteiger partial charge in [-0.1, -0.05) is 0 Å². The monoisotopic (exact) mass is 815 g/mol. The Labute approximate surface area is 319 Å². The van der Waals surface area contributed by atoms with Crippen molar-refractivity contribution in [3.8, 4) is 0 Å². The second kappa shape index (κ2) is 16.8. The number of hydrogen-bond acceptors (Lipinski definition) is 10. The van der Waals surface area contributed by atoms with Crippen LogP contribution < -0.4 is 5.73 Å². The van der Waals surface area contributed by atoms with E-state index < -0.39 is 82.3 Å². The number of primary amides is 1. The van der Waals surface area contributed by atoms with Crippen molar-refractivity contribution in [2.75, 3.05) is 52.4 Å². The molecule has 0 radical (unpaired) electrons. The molecule has 16 nitrogen and oxygen atoms in total. The van der Waals surface area contributed by atoms with Crippen LogP contribution in [0.15, 0.2) is 40.1 Å². The molecule has 2 fully saturated rings. The summed E-state index contributed by atoms with van der Waals surface area (Å²) in [5.74, 6) is -4.68. The molecule has 3 N–H and O–H groups in total. The number of carbonyl (C=O) groups is 4. The number of ether oxygens (including phenoxy) is 2. The van der Waals surface area contributed by atoms with E-state index in [2.05, 4.69) is 0 Å². The van der Waals surface area contributed by atoms with Gasteiger partial charge in [-0.2, -0.15) is 8.61 Å². The fraction of sp³-hybridized carbons (Fsp3) is 0.543. The first kappa shape index (κ1) is 43.3. The zero-order valence-corrected chi connectivity index (χ0v) is 33.0. The van der Waals surface area contributed by atoms with Gasteiger partial charge in [-0.3, -0.25) is 4.79 Å². The molecule has 0 unspecified atom stereocenters. The van der Waals surface area contributed by atoms with Gasteiger partial charge in [0, 0.05) is 57.9 Å². The fourth-order valence-electron chi connectivity index (χ4n) is 6.08. The molecule has 55 heavy (non-hydrogen) atoms. The number of rotatable bonds is 10. The van der Waals surface area contributed by atoms with E-state index in [1.54, 1.807) is 34.6 Å². The quantitative estimate of drug-likeness (QED) is 0.353. The first-order valence-corrected chi connectivity index (χ1v) is 20.4. The maximum absolute atomic E-state index is 15.6. The van der Waals surface area contributed by atoms with E-state index in [0.717, 1.165) is 38.9 Å². The summed E-state index contributed by atoms with van der Waals surface area (Å²) in [5, 5.41) is 10.00. The van der Waals surface area contributed by atoms with E-state index in [-0.39, 0.29) is 89.2 Å². The summed E-state index contributed by atoms with van der Waals surface area (Å²) in [6, 6.07) is 4.37. The molecule has 2 aromatic rings. The van der Waals surface area contributed by atoms with E-state index in [4.69, 9.17) is 15.2 Å². The van der Waals surface area contributed by atoms with E-state index in [0.29, 0.717) is 0 Å². The molecule has 0 bridgehead atoms. The van der Waals surface area contributed by atoms with Crippen LogP contribution in [0.3, 0.4) is 0 Å². The number of sulfonamides is 2. The molecule has 4 rings (SSSR count). The van der Waals surface area contributed by atoms with E-state index in [1.807, 2.05) is 0 Å². The molecule has 0 aromatic heterocycles. The Morgan fingerprint density at radius 1 is 0.727 bits per heavy atom. The molecular formula is C35H47F2N5O11S2. The fourth-order valence-corrected chi connectivity index (χ4v) is 9.18. The predicted octanol–water partition coefficient (Wildman–Crippen LogP) is 3.64. The molecule has 0 spiro atoms. The molecule has 2 aliphatic heterocycles. The van der Waals surface area contributed by atoms with Crippen molar-refractivity contribution in [2.24, 2.45) is 5.73 Å². The standard InChI is InChI=1S/C35H47F2N5O11S2/c1-34(2,3)52-32(46)39-12-6-15-42(18-16-39)55(50,51)29-22-25(31(44)45)23(20-27(29)37)10-11-35(4,5)53-33(47)40-13-7-14-41(19-17-40)54(48,49)28-21-24(30(38)43)8-9-26(28)36/h8-9,20-22H,6-7,10-19H2,1-5H3,(H2,38,43)(H,44,45). The number of carboxylic acids is 1. The van der Waals surface area contributed by atoms with Crippen LogP contribution in [0.2, 0.25) is 0 Å². The van der Waals surface area contributed by atoms with Gasteiger partial charge in [-0.15, -0.1) is 0 Å². The molecule has 0 aliphatic carbocycles. The highest BCUT2D eigenvalue weighted by Gasteiger charge is 2.35. The Morgan fingerprint density at radius 3 is 1.73 bits per heavy atom. The molecule has 20 heteroatoms. The molecule has 2 aliphatic rings. The van der Waals surface area contributed by atoms with Gasteiger partial charge in [0.25, 0.3) is 0 Å². The van der Waals surface area contributed by atoms with Crippen molar-refractivity contribution >= 4 is 44.1 Å². The lowest BCUT2D eigenvalue weighted by Gasteiger charge is -2.29. The minimum Gasteiger partial charge on any atom is -0.478 e. The highest BCUT2D eigenvalue weighted by molar-refractivity contribution is 7.89. The molecule has 2 saturated heterocycles. The summed E-state index contributed by atoms with van der Waals surface area (Å²) in [6.45, 7) is 7.86. The zero-order valence-electron chi connectivity index (χ0n) is 31.3. The average molecular weight is 816 g/mol. The molecule has 0 atom stereocenters. The maximum atomic E-state index is 15.6. The van der Waals surface area contributed by atoms with Crippen LogP contribution in [0, 0.1) is 11.6 Å². The van der Waals surface area contributed by atoms with Crippen LogP contribution in [-0.4, -0.2) is 128 Å². The Hall–Kier alpha value is -4.40. The molecule has 304 valence electrons. The molecule has 2 heterocycles. The summed E-state index contributed by atoms with van der Waals surface area (Å²) in [7, 11) is -8.93. The van der Waals surface area contributed by atoms with E-state index >= 15 is 4.39 Å². The Balaban J connectivity index is 1.42. The normalized spacial score (nSPS) is 16.9. The van der Waals surface area contributed by atoms with Crippen molar-refractivity contribution in [1.29, 1.82) is 0 Å². The second-order valence-electron chi connectivity index (χ2n) is 14.9. The molecular weight excluding hydrogens is 769 g/mol. The van der Waals surface area contributed by atoms with Gasteiger partial charge in [-0.05, 0) is 96.2 Å². The summed E-state index contributed by atoms with van der Waals surface area (Å²) in [6.07, 6.45) is -1.16. The Bertz CT molecular complexity index is 2040. The lowest BCUT2D eigenvalue weighted by Crippen LogP contribution is -2.41. The topological polar surface area (TPSA) is 214 Å². The summed E-state index contributed by atoms with van der Waals surface area (Å²) in [5.41, 5.74) is 2.53. The van der Waals surface area contributed by atoms with Crippen LogP contribution in [0.1, 0.15) is 80.2 Å². The Morgan fingerprint density at radius 2 is 1.24 bits per heavy atom. The van der Waals surface area contributed by atoms with Gasteiger partial charge in [0.15, 0.2) is 0 Å². The number of nitrogens with zero attached hydrogens (tertiary/aromatic N) is 4. The van der Waals surface area contributed by atoms with Crippen molar-refractivity contribution in [2.45, 2.75) is 81.3 Å². The third-order valence-electron chi connectivity index (χ3n) is 9.02. The van der Waals surface area contributed by atoms with Gasteiger partial charge in [0.05, 0.1) is 5.56 Å². The first-order chi connectivity index (χ1) is 25.4. The largest absolute Gasteiger partial charge is 0.478 e. The third kappa shape index (κ3) is 10.7. The molecule has 3 amide bonds. The highest BCUT2D eigenvalue weighted by atomic mass is 32.2. The highest BCUT2D eigenvalue weighted by Crippen LogP contribution is 2.29. The second-order valence-corrected chi connectivity index (χ2v) is 18.7. The van der Waals surface area contributed by atoms with Gasteiger partial charge >= 0.3 is 18.2 Å². The minimum absolute atomic E-state index is 0.0129. The predicted molar refractivity (Wildman–Crippen MR) is 193 cm³/mol.